The van der Waals surface area contributed by atoms with E-state index < -0.39 is 0 Å². The third-order valence-electron chi connectivity index (χ3n) is 2.51. The Balaban J connectivity index is 2.46. The van der Waals surface area contributed by atoms with Gasteiger partial charge in [-0.1, -0.05) is 13.8 Å². The molecular weight excluding hydrogens is 200 g/mol. The fourth-order valence-corrected chi connectivity index (χ4v) is 1.48. The molecule has 1 heterocycles. The molecule has 0 spiro atoms. The number of aromatic nitrogens is 1. The Bertz CT molecular complexity index is 302. The van der Waals surface area contributed by atoms with Crippen LogP contribution in [0.3, 0.4) is 0 Å². The zero-order chi connectivity index (χ0) is 11.8. The maximum atomic E-state index is 5.92. The summed E-state index contributed by atoms with van der Waals surface area (Å²) in [5.74, 6) is 0.896. The summed E-state index contributed by atoms with van der Waals surface area (Å²) < 4.78 is 5.92. The van der Waals surface area contributed by atoms with E-state index in [0.29, 0.717) is 0 Å². The van der Waals surface area contributed by atoms with E-state index in [2.05, 4.69) is 24.1 Å². The van der Waals surface area contributed by atoms with Crippen molar-refractivity contribution in [2.75, 3.05) is 13.1 Å². The topological polar surface area (TPSA) is 34.1 Å². The molecule has 90 valence electrons. The number of pyridine rings is 1. The molecule has 0 saturated heterocycles. The molecule has 0 fully saturated rings. The van der Waals surface area contributed by atoms with E-state index in [0.717, 1.165) is 37.4 Å². The Hall–Kier alpha value is -1.09. The van der Waals surface area contributed by atoms with E-state index in [1.54, 1.807) is 6.20 Å². The SMILES string of the molecule is CCCNCC(CC)Oc1cccnc1C. The van der Waals surface area contributed by atoms with E-state index in [-0.39, 0.29) is 6.10 Å². The summed E-state index contributed by atoms with van der Waals surface area (Å²) in [6, 6.07) is 3.89. The molecule has 3 nitrogen and oxygen atoms in total. The highest BCUT2D eigenvalue weighted by atomic mass is 16.5. The molecule has 0 aliphatic rings. The van der Waals surface area contributed by atoms with Crippen LogP contribution in [0.15, 0.2) is 18.3 Å². The largest absolute Gasteiger partial charge is 0.487 e. The van der Waals surface area contributed by atoms with Gasteiger partial charge in [-0.3, -0.25) is 4.98 Å². The minimum atomic E-state index is 0.231. The van der Waals surface area contributed by atoms with Gasteiger partial charge in [-0.25, -0.2) is 0 Å². The second-order valence-corrected chi connectivity index (χ2v) is 3.94. The molecule has 0 bridgehead atoms. The van der Waals surface area contributed by atoms with Gasteiger partial charge in [0.2, 0.25) is 0 Å². The van der Waals surface area contributed by atoms with Crippen molar-refractivity contribution >= 4 is 0 Å². The maximum absolute atomic E-state index is 5.92. The molecule has 0 aliphatic carbocycles. The summed E-state index contributed by atoms with van der Waals surface area (Å²) in [7, 11) is 0. The number of nitrogens with zero attached hydrogens (tertiary/aromatic N) is 1. The number of ether oxygens (including phenoxy) is 1. The van der Waals surface area contributed by atoms with Gasteiger partial charge < -0.3 is 10.1 Å². The molecule has 1 aromatic heterocycles. The molecular formula is C13H22N2O. The van der Waals surface area contributed by atoms with Crippen LogP contribution >= 0.6 is 0 Å². The minimum absolute atomic E-state index is 0.231. The number of nitrogens with one attached hydrogen (secondary N) is 1. The first-order chi connectivity index (χ1) is 7.77. The number of rotatable bonds is 7. The summed E-state index contributed by atoms with van der Waals surface area (Å²) in [6.07, 6.45) is 4.18. The van der Waals surface area contributed by atoms with Crippen LogP contribution in [0.25, 0.3) is 0 Å². The summed E-state index contributed by atoms with van der Waals surface area (Å²) in [6.45, 7) is 8.23. The van der Waals surface area contributed by atoms with Gasteiger partial charge in [-0.2, -0.15) is 0 Å². The molecule has 0 radical (unpaired) electrons. The molecule has 1 N–H and O–H groups in total. The van der Waals surface area contributed by atoms with Crippen LogP contribution < -0.4 is 10.1 Å². The van der Waals surface area contributed by atoms with E-state index >= 15 is 0 Å². The Morgan fingerprint density at radius 1 is 1.44 bits per heavy atom. The van der Waals surface area contributed by atoms with Crippen LogP contribution in [0.4, 0.5) is 0 Å². The van der Waals surface area contributed by atoms with Gasteiger partial charge in [0.1, 0.15) is 11.9 Å². The summed E-state index contributed by atoms with van der Waals surface area (Å²) in [5, 5.41) is 3.38. The van der Waals surface area contributed by atoms with Crippen molar-refractivity contribution in [1.29, 1.82) is 0 Å². The lowest BCUT2D eigenvalue weighted by Gasteiger charge is -2.18. The highest BCUT2D eigenvalue weighted by Gasteiger charge is 2.09. The highest BCUT2D eigenvalue weighted by Crippen LogP contribution is 2.16. The van der Waals surface area contributed by atoms with Crippen LogP contribution in [0.5, 0.6) is 5.75 Å². The monoisotopic (exact) mass is 222 g/mol. The van der Waals surface area contributed by atoms with Gasteiger partial charge in [-0.05, 0) is 38.4 Å². The lowest BCUT2D eigenvalue weighted by Crippen LogP contribution is -2.31. The van der Waals surface area contributed by atoms with Gasteiger partial charge in [-0.15, -0.1) is 0 Å². The predicted molar refractivity (Wildman–Crippen MR) is 66.8 cm³/mol. The van der Waals surface area contributed by atoms with Crippen molar-refractivity contribution in [3.8, 4) is 5.75 Å². The Morgan fingerprint density at radius 3 is 2.88 bits per heavy atom. The fraction of sp³-hybridized carbons (Fsp3) is 0.615. The Labute approximate surface area is 98.2 Å². The molecule has 1 atom stereocenters. The van der Waals surface area contributed by atoms with Crippen LogP contribution in [0.1, 0.15) is 32.4 Å². The van der Waals surface area contributed by atoms with E-state index in [1.165, 1.54) is 0 Å². The zero-order valence-electron chi connectivity index (χ0n) is 10.5. The second-order valence-electron chi connectivity index (χ2n) is 3.94. The van der Waals surface area contributed by atoms with E-state index in [9.17, 15) is 0 Å². The van der Waals surface area contributed by atoms with Gasteiger partial charge in [0.15, 0.2) is 0 Å². The molecule has 0 aromatic carbocycles. The van der Waals surface area contributed by atoms with Crippen LogP contribution in [0.2, 0.25) is 0 Å². The summed E-state index contributed by atoms with van der Waals surface area (Å²) >= 11 is 0. The first-order valence-corrected chi connectivity index (χ1v) is 6.06. The molecule has 0 amide bonds. The first-order valence-electron chi connectivity index (χ1n) is 6.06. The molecule has 1 rings (SSSR count). The number of hydrogen-bond acceptors (Lipinski definition) is 3. The quantitative estimate of drug-likeness (QED) is 0.720. The fourth-order valence-electron chi connectivity index (χ4n) is 1.48. The second kappa shape index (κ2) is 7.23. The van der Waals surface area contributed by atoms with Crippen LogP contribution in [-0.4, -0.2) is 24.2 Å². The van der Waals surface area contributed by atoms with Gasteiger partial charge in [0, 0.05) is 12.7 Å². The molecule has 0 saturated carbocycles. The average molecular weight is 222 g/mol. The highest BCUT2D eigenvalue weighted by molar-refractivity contribution is 5.25. The van der Waals surface area contributed by atoms with Crippen molar-refractivity contribution in [2.24, 2.45) is 0 Å². The third-order valence-corrected chi connectivity index (χ3v) is 2.51. The van der Waals surface area contributed by atoms with Gasteiger partial charge in [0.25, 0.3) is 0 Å². The predicted octanol–water partition coefficient (Wildman–Crippen LogP) is 2.55. The number of hydrogen-bond donors (Lipinski definition) is 1. The normalized spacial score (nSPS) is 12.4. The van der Waals surface area contributed by atoms with Crippen molar-refractivity contribution in [3.63, 3.8) is 0 Å². The van der Waals surface area contributed by atoms with Crippen molar-refractivity contribution in [2.45, 2.75) is 39.7 Å². The zero-order valence-corrected chi connectivity index (χ0v) is 10.5. The first kappa shape index (κ1) is 13.0. The standard InChI is InChI=1S/C13H22N2O/c1-4-8-14-10-12(5-2)16-13-7-6-9-15-11(13)3/h6-7,9,12,14H,4-5,8,10H2,1-3H3. The summed E-state index contributed by atoms with van der Waals surface area (Å²) in [4.78, 5) is 4.22. The molecule has 0 aliphatic heterocycles. The van der Waals surface area contributed by atoms with Crippen LogP contribution in [-0.2, 0) is 0 Å². The Kier molecular flexibility index (Phi) is 5.86. The van der Waals surface area contributed by atoms with Crippen molar-refractivity contribution < 1.29 is 4.74 Å². The van der Waals surface area contributed by atoms with Crippen molar-refractivity contribution in [3.05, 3.63) is 24.0 Å². The van der Waals surface area contributed by atoms with E-state index in [4.69, 9.17) is 4.74 Å². The molecule has 1 unspecified atom stereocenters. The molecule has 3 heteroatoms. The van der Waals surface area contributed by atoms with E-state index in [1.807, 2.05) is 19.1 Å². The molecule has 1 aromatic rings. The number of aryl methyl sites for hydroxylation is 1. The third kappa shape index (κ3) is 4.19. The maximum Gasteiger partial charge on any atom is 0.140 e. The van der Waals surface area contributed by atoms with Gasteiger partial charge >= 0.3 is 0 Å². The Morgan fingerprint density at radius 2 is 2.25 bits per heavy atom. The minimum Gasteiger partial charge on any atom is -0.487 e. The lowest BCUT2D eigenvalue weighted by molar-refractivity contribution is 0.191. The van der Waals surface area contributed by atoms with Crippen molar-refractivity contribution in [1.82, 2.24) is 10.3 Å². The lowest BCUT2D eigenvalue weighted by atomic mass is 10.2. The van der Waals surface area contributed by atoms with Crippen LogP contribution in [0, 0.1) is 6.92 Å². The molecule has 16 heavy (non-hydrogen) atoms. The smallest absolute Gasteiger partial charge is 0.140 e. The average Bonchev–Trinajstić information content (AvgIpc) is 2.30. The summed E-state index contributed by atoms with van der Waals surface area (Å²) in [5.41, 5.74) is 0.955. The van der Waals surface area contributed by atoms with Gasteiger partial charge in [0.05, 0.1) is 5.69 Å².